The Morgan fingerprint density at radius 2 is 1.75 bits per heavy atom. The van der Waals surface area contributed by atoms with Gasteiger partial charge in [-0.05, 0) is 48.9 Å². The molecule has 106 valence electrons. The fraction of sp³-hybridized carbons (Fsp3) is 0.143. The van der Waals surface area contributed by atoms with Gasteiger partial charge in [0.15, 0.2) is 9.84 Å². The molecule has 0 heterocycles. The molecule has 0 saturated carbocycles. The zero-order chi connectivity index (χ0) is 14.9. The maximum atomic E-state index is 11.4. The minimum Gasteiger partial charge on any atom is -0.455 e. The standard InChI is InChI=1S/C14H14BrNO3S/c1-9-7-10(15)3-5-13(9)19-14-6-4-11(8-12(14)16)20(2,17)18/h3-8H,16H2,1-2H3. The zero-order valence-electron chi connectivity index (χ0n) is 11.1. The Hall–Kier alpha value is -1.53. The summed E-state index contributed by atoms with van der Waals surface area (Å²) in [5, 5.41) is 0. The van der Waals surface area contributed by atoms with Crippen molar-refractivity contribution in [3.05, 3.63) is 46.4 Å². The van der Waals surface area contributed by atoms with E-state index >= 15 is 0 Å². The average Bonchev–Trinajstić information content (AvgIpc) is 2.33. The van der Waals surface area contributed by atoms with Gasteiger partial charge in [-0.2, -0.15) is 0 Å². The lowest BCUT2D eigenvalue weighted by molar-refractivity contribution is 0.480. The third-order valence-corrected chi connectivity index (χ3v) is 4.37. The fourth-order valence-electron chi connectivity index (χ4n) is 1.70. The quantitative estimate of drug-likeness (QED) is 0.854. The molecule has 2 aromatic carbocycles. The Kier molecular flexibility index (Phi) is 4.06. The number of ether oxygens (including phenoxy) is 1. The van der Waals surface area contributed by atoms with Crippen LogP contribution in [0, 0.1) is 6.92 Å². The van der Waals surface area contributed by atoms with Gasteiger partial charge in [-0.25, -0.2) is 8.42 Å². The van der Waals surface area contributed by atoms with Crippen molar-refractivity contribution < 1.29 is 13.2 Å². The van der Waals surface area contributed by atoms with E-state index in [0.717, 1.165) is 16.3 Å². The summed E-state index contributed by atoms with van der Waals surface area (Å²) >= 11 is 3.38. The van der Waals surface area contributed by atoms with Crippen LogP contribution in [0.5, 0.6) is 11.5 Å². The fourth-order valence-corrected chi connectivity index (χ4v) is 2.83. The molecule has 0 amide bonds. The van der Waals surface area contributed by atoms with Gasteiger partial charge < -0.3 is 10.5 Å². The first-order chi connectivity index (χ1) is 9.27. The van der Waals surface area contributed by atoms with Crippen LogP contribution in [-0.4, -0.2) is 14.7 Å². The zero-order valence-corrected chi connectivity index (χ0v) is 13.5. The summed E-state index contributed by atoms with van der Waals surface area (Å²) in [5.74, 6) is 1.11. The molecule has 0 spiro atoms. The third kappa shape index (κ3) is 3.32. The van der Waals surface area contributed by atoms with Gasteiger partial charge in [0.25, 0.3) is 0 Å². The van der Waals surface area contributed by atoms with Crippen LogP contribution < -0.4 is 10.5 Å². The van der Waals surface area contributed by atoms with Gasteiger partial charge in [0.05, 0.1) is 10.6 Å². The van der Waals surface area contributed by atoms with Gasteiger partial charge >= 0.3 is 0 Å². The predicted octanol–water partition coefficient (Wildman–Crippen LogP) is 3.54. The summed E-state index contributed by atoms with van der Waals surface area (Å²) < 4.78 is 29.6. The highest BCUT2D eigenvalue weighted by atomic mass is 79.9. The maximum absolute atomic E-state index is 11.4. The van der Waals surface area contributed by atoms with Crippen molar-refractivity contribution in [1.29, 1.82) is 0 Å². The second kappa shape index (κ2) is 5.46. The van der Waals surface area contributed by atoms with Crippen LogP contribution >= 0.6 is 15.9 Å². The highest BCUT2D eigenvalue weighted by Gasteiger charge is 2.11. The first kappa shape index (κ1) is 14.9. The molecule has 0 atom stereocenters. The topological polar surface area (TPSA) is 69.4 Å². The number of hydrogen-bond acceptors (Lipinski definition) is 4. The van der Waals surface area contributed by atoms with E-state index in [4.69, 9.17) is 10.5 Å². The first-order valence-corrected chi connectivity index (χ1v) is 8.49. The molecular weight excluding hydrogens is 342 g/mol. The number of anilines is 1. The predicted molar refractivity (Wildman–Crippen MR) is 82.9 cm³/mol. The van der Waals surface area contributed by atoms with Crippen LogP contribution in [-0.2, 0) is 9.84 Å². The van der Waals surface area contributed by atoms with Gasteiger partial charge in [-0.15, -0.1) is 0 Å². The number of aryl methyl sites for hydroxylation is 1. The molecule has 0 fully saturated rings. The highest BCUT2D eigenvalue weighted by Crippen LogP contribution is 2.32. The Labute approximate surface area is 126 Å². The summed E-state index contributed by atoms with van der Waals surface area (Å²) in [6, 6.07) is 10.1. The smallest absolute Gasteiger partial charge is 0.175 e. The van der Waals surface area contributed by atoms with Crippen LogP contribution in [0.4, 0.5) is 5.69 Å². The van der Waals surface area contributed by atoms with Gasteiger partial charge in [-0.1, -0.05) is 15.9 Å². The maximum Gasteiger partial charge on any atom is 0.175 e. The van der Waals surface area contributed by atoms with Crippen LogP contribution in [0.1, 0.15) is 5.56 Å². The van der Waals surface area contributed by atoms with E-state index in [1.165, 1.54) is 12.1 Å². The average molecular weight is 356 g/mol. The molecule has 0 radical (unpaired) electrons. The Morgan fingerprint density at radius 3 is 2.30 bits per heavy atom. The number of rotatable bonds is 3. The third-order valence-electron chi connectivity index (χ3n) is 2.77. The molecule has 2 N–H and O–H groups in total. The van der Waals surface area contributed by atoms with Crippen LogP contribution in [0.25, 0.3) is 0 Å². The van der Waals surface area contributed by atoms with Crippen molar-refractivity contribution in [2.24, 2.45) is 0 Å². The lowest BCUT2D eigenvalue weighted by atomic mass is 10.2. The second-order valence-electron chi connectivity index (χ2n) is 4.48. The lowest BCUT2D eigenvalue weighted by Gasteiger charge is -2.11. The van der Waals surface area contributed by atoms with E-state index < -0.39 is 9.84 Å². The van der Waals surface area contributed by atoms with Gasteiger partial charge in [0.1, 0.15) is 11.5 Å². The van der Waals surface area contributed by atoms with Crippen molar-refractivity contribution in [2.45, 2.75) is 11.8 Å². The van der Waals surface area contributed by atoms with E-state index in [9.17, 15) is 8.42 Å². The normalized spacial score (nSPS) is 11.3. The van der Waals surface area contributed by atoms with Crippen LogP contribution in [0.2, 0.25) is 0 Å². The summed E-state index contributed by atoms with van der Waals surface area (Å²) in [4.78, 5) is 0.176. The van der Waals surface area contributed by atoms with Crippen molar-refractivity contribution in [2.75, 3.05) is 12.0 Å². The van der Waals surface area contributed by atoms with E-state index in [2.05, 4.69) is 15.9 Å². The van der Waals surface area contributed by atoms with Crippen molar-refractivity contribution in [3.8, 4) is 11.5 Å². The first-order valence-electron chi connectivity index (χ1n) is 5.81. The Balaban J connectivity index is 2.35. The molecule has 4 nitrogen and oxygen atoms in total. The molecule has 0 aromatic heterocycles. The number of nitrogen functional groups attached to an aromatic ring is 1. The van der Waals surface area contributed by atoms with Crippen molar-refractivity contribution >= 4 is 31.5 Å². The van der Waals surface area contributed by atoms with Gasteiger partial charge in [0.2, 0.25) is 0 Å². The highest BCUT2D eigenvalue weighted by molar-refractivity contribution is 9.10. The van der Waals surface area contributed by atoms with Crippen LogP contribution in [0.15, 0.2) is 45.8 Å². The summed E-state index contributed by atoms with van der Waals surface area (Å²) in [6.07, 6.45) is 1.14. The molecule has 0 unspecified atom stereocenters. The molecule has 2 aromatic rings. The molecule has 0 aliphatic rings. The lowest BCUT2D eigenvalue weighted by Crippen LogP contribution is -2.00. The number of halogens is 1. The Morgan fingerprint density at radius 1 is 1.10 bits per heavy atom. The van der Waals surface area contributed by atoms with Crippen molar-refractivity contribution in [3.63, 3.8) is 0 Å². The summed E-state index contributed by atoms with van der Waals surface area (Å²) in [6.45, 7) is 1.92. The minimum absolute atomic E-state index is 0.176. The van der Waals surface area contributed by atoms with Crippen LogP contribution in [0.3, 0.4) is 0 Å². The molecule has 2 rings (SSSR count). The number of sulfone groups is 1. The summed E-state index contributed by atoms with van der Waals surface area (Å²) in [7, 11) is -3.27. The number of hydrogen-bond donors (Lipinski definition) is 1. The molecular formula is C14H14BrNO3S. The Bertz CT molecular complexity index is 757. The molecule has 20 heavy (non-hydrogen) atoms. The number of benzene rings is 2. The van der Waals surface area contributed by atoms with E-state index in [0.29, 0.717) is 11.5 Å². The number of nitrogens with two attached hydrogens (primary N) is 1. The van der Waals surface area contributed by atoms with E-state index in [-0.39, 0.29) is 10.6 Å². The van der Waals surface area contributed by atoms with E-state index in [1.54, 1.807) is 6.07 Å². The largest absolute Gasteiger partial charge is 0.455 e. The van der Waals surface area contributed by atoms with Gasteiger partial charge in [0, 0.05) is 10.7 Å². The van der Waals surface area contributed by atoms with Gasteiger partial charge in [-0.3, -0.25) is 0 Å². The SMILES string of the molecule is Cc1cc(Br)ccc1Oc1ccc(S(C)(=O)=O)cc1N. The summed E-state index contributed by atoms with van der Waals surface area (Å²) in [5.41, 5.74) is 7.08. The molecule has 0 aliphatic carbocycles. The monoisotopic (exact) mass is 355 g/mol. The molecule has 0 saturated heterocycles. The molecule has 0 aliphatic heterocycles. The molecule has 0 bridgehead atoms. The minimum atomic E-state index is -3.27. The van der Waals surface area contributed by atoms with Crippen molar-refractivity contribution in [1.82, 2.24) is 0 Å². The second-order valence-corrected chi connectivity index (χ2v) is 7.42. The molecule has 6 heteroatoms. The van der Waals surface area contributed by atoms with E-state index in [1.807, 2.05) is 25.1 Å².